The summed E-state index contributed by atoms with van der Waals surface area (Å²) in [5.41, 5.74) is 3.51. The molecular formula is C21H27NO2. The number of hydrogen-bond donors (Lipinski definition) is 1. The van der Waals surface area contributed by atoms with Crippen LogP contribution in [0.2, 0.25) is 0 Å². The Bertz CT molecular complexity index is 692. The molecule has 2 rings (SSSR count). The van der Waals surface area contributed by atoms with Gasteiger partial charge in [-0.3, -0.25) is 4.79 Å². The summed E-state index contributed by atoms with van der Waals surface area (Å²) in [6, 6.07) is 16.3. The van der Waals surface area contributed by atoms with Gasteiger partial charge in [-0.2, -0.15) is 0 Å². The minimum absolute atomic E-state index is 0.0820. The van der Waals surface area contributed by atoms with Gasteiger partial charge in [0.1, 0.15) is 5.75 Å². The minimum Gasteiger partial charge on any atom is -0.497 e. The van der Waals surface area contributed by atoms with E-state index in [4.69, 9.17) is 4.74 Å². The van der Waals surface area contributed by atoms with Gasteiger partial charge in [-0.25, -0.2) is 0 Å². The van der Waals surface area contributed by atoms with Crippen LogP contribution < -0.4 is 10.1 Å². The van der Waals surface area contributed by atoms with Crippen molar-refractivity contribution in [2.45, 2.75) is 39.0 Å². The second-order valence-electron chi connectivity index (χ2n) is 6.88. The van der Waals surface area contributed by atoms with Crippen molar-refractivity contribution in [3.8, 4) is 5.75 Å². The van der Waals surface area contributed by atoms with Gasteiger partial charge in [0.05, 0.1) is 7.11 Å². The summed E-state index contributed by atoms with van der Waals surface area (Å²) in [5, 5.41) is 3.07. The Morgan fingerprint density at radius 1 is 1.12 bits per heavy atom. The standard InChI is InChI=1S/C21H27NO2/c1-16-7-5-9-18(13-16)21(2,3)15-22-20(23)12-11-17-8-6-10-19(14-17)24-4/h5-10,13-14H,11-12,15H2,1-4H3,(H,22,23). The highest BCUT2D eigenvalue weighted by Gasteiger charge is 2.21. The largest absolute Gasteiger partial charge is 0.497 e. The van der Waals surface area contributed by atoms with E-state index in [1.165, 1.54) is 11.1 Å². The third kappa shape index (κ3) is 5.12. The first-order chi connectivity index (χ1) is 11.4. The third-order valence-electron chi connectivity index (χ3n) is 4.30. The molecule has 0 saturated heterocycles. The van der Waals surface area contributed by atoms with Crippen LogP contribution in [-0.4, -0.2) is 19.6 Å². The maximum Gasteiger partial charge on any atom is 0.220 e. The molecule has 24 heavy (non-hydrogen) atoms. The molecule has 2 aromatic rings. The molecule has 0 aliphatic rings. The lowest BCUT2D eigenvalue weighted by Gasteiger charge is -2.26. The van der Waals surface area contributed by atoms with Crippen molar-refractivity contribution in [1.29, 1.82) is 0 Å². The highest BCUT2D eigenvalue weighted by atomic mass is 16.5. The molecule has 0 atom stereocenters. The number of hydrogen-bond acceptors (Lipinski definition) is 2. The fourth-order valence-electron chi connectivity index (χ4n) is 2.66. The number of nitrogens with one attached hydrogen (secondary N) is 1. The van der Waals surface area contributed by atoms with Crippen LogP contribution in [0, 0.1) is 6.92 Å². The van der Waals surface area contributed by atoms with Gasteiger partial charge in [-0.15, -0.1) is 0 Å². The van der Waals surface area contributed by atoms with E-state index in [2.05, 4.69) is 50.4 Å². The van der Waals surface area contributed by atoms with Gasteiger partial charge in [0.25, 0.3) is 0 Å². The summed E-state index contributed by atoms with van der Waals surface area (Å²) in [5.74, 6) is 0.909. The van der Waals surface area contributed by atoms with Gasteiger partial charge in [0, 0.05) is 18.4 Å². The fraction of sp³-hybridized carbons (Fsp3) is 0.381. The van der Waals surface area contributed by atoms with Crippen molar-refractivity contribution in [3.05, 3.63) is 65.2 Å². The molecule has 0 heterocycles. The second-order valence-corrected chi connectivity index (χ2v) is 6.88. The average Bonchev–Trinajstić information content (AvgIpc) is 2.58. The Kier molecular flexibility index (Phi) is 6.02. The summed E-state index contributed by atoms with van der Waals surface area (Å²) in [7, 11) is 1.65. The van der Waals surface area contributed by atoms with E-state index in [1.54, 1.807) is 7.11 Å². The van der Waals surface area contributed by atoms with Crippen LogP contribution in [0.5, 0.6) is 5.75 Å². The van der Waals surface area contributed by atoms with Crippen LogP contribution in [0.4, 0.5) is 0 Å². The fourth-order valence-corrected chi connectivity index (χ4v) is 2.66. The maximum absolute atomic E-state index is 12.2. The number of benzene rings is 2. The molecule has 0 unspecified atom stereocenters. The first-order valence-corrected chi connectivity index (χ1v) is 8.37. The lowest BCUT2D eigenvalue weighted by molar-refractivity contribution is -0.121. The predicted molar refractivity (Wildman–Crippen MR) is 98.5 cm³/mol. The number of methoxy groups -OCH3 is 1. The van der Waals surface area contributed by atoms with Gasteiger partial charge in [0.15, 0.2) is 0 Å². The molecule has 128 valence electrons. The van der Waals surface area contributed by atoms with E-state index in [9.17, 15) is 4.79 Å². The van der Waals surface area contributed by atoms with Crippen LogP contribution in [0.1, 0.15) is 37.0 Å². The molecule has 0 saturated carbocycles. The van der Waals surface area contributed by atoms with Crippen LogP contribution in [0.25, 0.3) is 0 Å². The molecule has 3 heteroatoms. The normalized spacial score (nSPS) is 11.2. The molecule has 1 amide bonds. The highest BCUT2D eigenvalue weighted by Crippen LogP contribution is 2.23. The van der Waals surface area contributed by atoms with Crippen molar-refractivity contribution in [2.24, 2.45) is 0 Å². The monoisotopic (exact) mass is 325 g/mol. The van der Waals surface area contributed by atoms with Crippen molar-refractivity contribution in [3.63, 3.8) is 0 Å². The highest BCUT2D eigenvalue weighted by molar-refractivity contribution is 5.76. The molecule has 1 N–H and O–H groups in total. The topological polar surface area (TPSA) is 38.3 Å². The molecule has 0 aromatic heterocycles. The molecule has 0 fully saturated rings. The first kappa shape index (κ1) is 18.1. The number of rotatable bonds is 7. The smallest absolute Gasteiger partial charge is 0.220 e. The predicted octanol–water partition coefficient (Wildman–Crippen LogP) is 4.03. The molecule has 0 aliphatic carbocycles. The molecule has 0 aliphatic heterocycles. The van der Waals surface area contributed by atoms with Crippen molar-refractivity contribution < 1.29 is 9.53 Å². The second kappa shape index (κ2) is 8.00. The van der Waals surface area contributed by atoms with Gasteiger partial charge in [-0.1, -0.05) is 55.8 Å². The molecule has 0 spiro atoms. The number of aryl methyl sites for hydroxylation is 2. The van der Waals surface area contributed by atoms with Crippen LogP contribution in [0.3, 0.4) is 0 Å². The zero-order valence-electron chi connectivity index (χ0n) is 15.1. The molecular weight excluding hydrogens is 298 g/mol. The van der Waals surface area contributed by atoms with Crippen molar-refractivity contribution in [2.75, 3.05) is 13.7 Å². The van der Waals surface area contributed by atoms with Crippen molar-refractivity contribution in [1.82, 2.24) is 5.32 Å². The van der Waals surface area contributed by atoms with Gasteiger partial charge in [-0.05, 0) is 36.6 Å². The summed E-state index contributed by atoms with van der Waals surface area (Å²) in [6.45, 7) is 7.04. The average molecular weight is 325 g/mol. The van der Waals surface area contributed by atoms with E-state index in [0.29, 0.717) is 19.4 Å². The zero-order chi connectivity index (χ0) is 17.6. The van der Waals surface area contributed by atoms with E-state index in [0.717, 1.165) is 11.3 Å². The minimum atomic E-state index is -0.0857. The van der Waals surface area contributed by atoms with Crippen LogP contribution in [-0.2, 0) is 16.6 Å². The van der Waals surface area contributed by atoms with Crippen LogP contribution in [0.15, 0.2) is 48.5 Å². The molecule has 0 radical (unpaired) electrons. The summed E-state index contributed by atoms with van der Waals surface area (Å²) in [6.07, 6.45) is 1.20. The quantitative estimate of drug-likeness (QED) is 0.834. The number of carbonyl (C=O) groups is 1. The van der Waals surface area contributed by atoms with Gasteiger partial charge < -0.3 is 10.1 Å². The summed E-state index contributed by atoms with van der Waals surface area (Å²) < 4.78 is 5.21. The molecule has 3 nitrogen and oxygen atoms in total. The summed E-state index contributed by atoms with van der Waals surface area (Å²) in [4.78, 5) is 12.2. The maximum atomic E-state index is 12.2. The lowest BCUT2D eigenvalue weighted by atomic mass is 9.84. The number of ether oxygens (including phenoxy) is 1. The number of carbonyl (C=O) groups excluding carboxylic acids is 1. The van der Waals surface area contributed by atoms with E-state index < -0.39 is 0 Å². The Morgan fingerprint density at radius 3 is 2.58 bits per heavy atom. The van der Waals surface area contributed by atoms with Gasteiger partial charge >= 0.3 is 0 Å². The Morgan fingerprint density at radius 2 is 1.88 bits per heavy atom. The van der Waals surface area contributed by atoms with Gasteiger partial charge in [0.2, 0.25) is 5.91 Å². The Hall–Kier alpha value is -2.29. The lowest BCUT2D eigenvalue weighted by Crippen LogP contribution is -2.36. The van der Waals surface area contributed by atoms with Crippen molar-refractivity contribution >= 4 is 5.91 Å². The SMILES string of the molecule is COc1cccc(CCC(=O)NCC(C)(C)c2cccc(C)c2)c1. The first-order valence-electron chi connectivity index (χ1n) is 8.37. The van der Waals surface area contributed by atoms with Crippen LogP contribution >= 0.6 is 0 Å². The molecule has 0 bridgehead atoms. The third-order valence-corrected chi connectivity index (χ3v) is 4.30. The van der Waals surface area contributed by atoms with E-state index in [1.807, 2.05) is 24.3 Å². The Balaban J connectivity index is 1.86. The molecule has 2 aromatic carbocycles. The zero-order valence-corrected chi connectivity index (χ0v) is 15.1. The van der Waals surface area contributed by atoms with E-state index in [-0.39, 0.29) is 11.3 Å². The number of amides is 1. The van der Waals surface area contributed by atoms with E-state index >= 15 is 0 Å². The Labute approximate surface area is 145 Å². The summed E-state index contributed by atoms with van der Waals surface area (Å²) >= 11 is 0.